The van der Waals surface area contributed by atoms with E-state index in [2.05, 4.69) is 9.88 Å². The zero-order valence-corrected chi connectivity index (χ0v) is 15.6. The molecule has 3 heterocycles. The summed E-state index contributed by atoms with van der Waals surface area (Å²) in [7, 11) is 1.91. The molecule has 2 aliphatic heterocycles. The molecule has 7 heteroatoms. The monoisotopic (exact) mass is 362 g/mol. The second kappa shape index (κ2) is 8.90. The number of carbonyl (C=O) groups excluding carboxylic acids is 1. The van der Waals surface area contributed by atoms with E-state index in [1.165, 1.54) is 12.8 Å². The summed E-state index contributed by atoms with van der Waals surface area (Å²) in [6, 6.07) is 5.78. The maximum atomic E-state index is 12.8. The average Bonchev–Trinajstić information content (AvgIpc) is 3.02. The Morgan fingerprint density at radius 1 is 1.35 bits per heavy atom. The Labute approximate surface area is 155 Å². The first-order valence-electron chi connectivity index (χ1n) is 9.43. The average molecular weight is 362 g/mol. The van der Waals surface area contributed by atoms with Crippen molar-refractivity contribution in [2.45, 2.75) is 25.0 Å². The Bertz CT molecular complexity index is 579. The molecule has 26 heavy (non-hydrogen) atoms. The van der Waals surface area contributed by atoms with E-state index >= 15 is 0 Å². The second-order valence-corrected chi connectivity index (χ2v) is 7.57. The maximum Gasteiger partial charge on any atom is 0.236 e. The maximum absolute atomic E-state index is 12.8. The van der Waals surface area contributed by atoms with E-state index in [0.717, 1.165) is 18.8 Å². The molecule has 2 aliphatic rings. The summed E-state index contributed by atoms with van der Waals surface area (Å²) in [5.41, 5.74) is -0.0525. The van der Waals surface area contributed by atoms with Crippen molar-refractivity contribution in [2.24, 2.45) is 0 Å². The molecule has 0 unspecified atom stereocenters. The predicted molar refractivity (Wildman–Crippen MR) is 98.6 cm³/mol. The molecule has 2 fully saturated rings. The third-order valence-electron chi connectivity index (χ3n) is 4.99. The highest BCUT2D eigenvalue weighted by Gasteiger charge is 2.36. The van der Waals surface area contributed by atoms with Gasteiger partial charge in [0.05, 0.1) is 32.0 Å². The molecule has 1 aromatic rings. The van der Waals surface area contributed by atoms with Crippen LogP contribution in [0.4, 0.5) is 0 Å². The Morgan fingerprint density at radius 2 is 2.15 bits per heavy atom. The standard InChI is InChI=1S/C19H30N4O3/c1-21(12-17-6-2-3-7-20-17)13-18(24)23-10-11-26-16-19(25,15-23)14-22-8-4-5-9-22/h2-3,6-7,25H,4-5,8-16H2,1H3/t19-/m1/s1. The number of aromatic nitrogens is 1. The van der Waals surface area contributed by atoms with Crippen molar-refractivity contribution >= 4 is 5.91 Å². The molecule has 0 saturated carbocycles. The number of hydrogen-bond acceptors (Lipinski definition) is 6. The van der Waals surface area contributed by atoms with Crippen LogP contribution in [0.3, 0.4) is 0 Å². The van der Waals surface area contributed by atoms with Gasteiger partial charge in [0.1, 0.15) is 5.60 Å². The van der Waals surface area contributed by atoms with Crippen LogP contribution in [0.5, 0.6) is 0 Å². The van der Waals surface area contributed by atoms with E-state index in [-0.39, 0.29) is 12.5 Å². The quantitative estimate of drug-likeness (QED) is 0.780. The summed E-state index contributed by atoms with van der Waals surface area (Å²) in [6.45, 7) is 5.14. The van der Waals surface area contributed by atoms with E-state index in [9.17, 15) is 9.90 Å². The molecule has 0 radical (unpaired) electrons. The van der Waals surface area contributed by atoms with Crippen molar-refractivity contribution in [3.63, 3.8) is 0 Å². The summed E-state index contributed by atoms with van der Waals surface area (Å²) in [6.07, 6.45) is 4.12. The largest absolute Gasteiger partial charge is 0.384 e. The van der Waals surface area contributed by atoms with Gasteiger partial charge in [0.25, 0.3) is 0 Å². The lowest BCUT2D eigenvalue weighted by Crippen LogP contribution is -2.54. The fraction of sp³-hybridized carbons (Fsp3) is 0.684. The molecule has 1 N–H and O–H groups in total. The zero-order chi connectivity index (χ0) is 18.4. The number of nitrogens with zero attached hydrogens (tertiary/aromatic N) is 4. The van der Waals surface area contributed by atoms with Gasteiger partial charge in [0.15, 0.2) is 0 Å². The van der Waals surface area contributed by atoms with Crippen LogP contribution in [-0.4, -0.2) is 95.8 Å². The number of amides is 1. The number of β-amino-alcohol motifs (C(OH)–C–C–N with tert-alkyl or cyclic N) is 1. The van der Waals surface area contributed by atoms with Crippen LogP contribution in [0.25, 0.3) is 0 Å². The molecule has 3 rings (SSSR count). The van der Waals surface area contributed by atoms with Gasteiger partial charge in [-0.3, -0.25) is 14.7 Å². The smallest absolute Gasteiger partial charge is 0.236 e. The summed E-state index contributed by atoms with van der Waals surface area (Å²) < 4.78 is 5.61. The van der Waals surface area contributed by atoms with Gasteiger partial charge in [0, 0.05) is 25.8 Å². The molecule has 1 amide bonds. The van der Waals surface area contributed by atoms with Gasteiger partial charge in [0.2, 0.25) is 5.91 Å². The van der Waals surface area contributed by atoms with Gasteiger partial charge in [-0.15, -0.1) is 0 Å². The normalized spacial score (nSPS) is 24.8. The Kier molecular flexibility index (Phi) is 6.58. The van der Waals surface area contributed by atoms with Crippen molar-refractivity contribution in [1.82, 2.24) is 19.7 Å². The first-order valence-corrected chi connectivity index (χ1v) is 9.43. The number of carbonyl (C=O) groups is 1. The van der Waals surface area contributed by atoms with E-state index in [4.69, 9.17) is 4.74 Å². The third-order valence-corrected chi connectivity index (χ3v) is 4.99. The molecule has 1 atom stereocenters. The highest BCUT2D eigenvalue weighted by Crippen LogP contribution is 2.18. The lowest BCUT2D eigenvalue weighted by molar-refractivity contribution is -0.135. The van der Waals surface area contributed by atoms with Gasteiger partial charge in [-0.05, 0) is 45.1 Å². The molecule has 2 saturated heterocycles. The third kappa shape index (κ3) is 5.48. The van der Waals surface area contributed by atoms with Crippen LogP contribution in [0.1, 0.15) is 18.5 Å². The highest BCUT2D eigenvalue weighted by molar-refractivity contribution is 5.78. The van der Waals surface area contributed by atoms with Crippen LogP contribution >= 0.6 is 0 Å². The lowest BCUT2D eigenvalue weighted by atomic mass is 10.0. The first-order chi connectivity index (χ1) is 12.5. The molecule has 0 bridgehead atoms. The lowest BCUT2D eigenvalue weighted by Gasteiger charge is -2.34. The highest BCUT2D eigenvalue weighted by atomic mass is 16.5. The molecular formula is C19H30N4O3. The molecule has 0 spiro atoms. The number of hydrogen-bond donors (Lipinski definition) is 1. The topological polar surface area (TPSA) is 69.1 Å². The Morgan fingerprint density at radius 3 is 2.88 bits per heavy atom. The number of likely N-dealkylation sites (N-methyl/N-ethyl adjacent to an activating group) is 1. The van der Waals surface area contributed by atoms with E-state index < -0.39 is 5.60 Å². The second-order valence-electron chi connectivity index (χ2n) is 7.57. The molecule has 1 aromatic heterocycles. The molecule has 0 aliphatic carbocycles. The molecule has 0 aromatic carbocycles. The van der Waals surface area contributed by atoms with Crippen LogP contribution in [0.2, 0.25) is 0 Å². The minimum Gasteiger partial charge on any atom is -0.384 e. The molecular weight excluding hydrogens is 332 g/mol. The summed E-state index contributed by atoms with van der Waals surface area (Å²) in [5, 5.41) is 11.0. The molecule has 7 nitrogen and oxygen atoms in total. The summed E-state index contributed by atoms with van der Waals surface area (Å²) in [5.74, 6) is 0.0220. The van der Waals surface area contributed by atoms with Gasteiger partial charge in [-0.1, -0.05) is 6.07 Å². The minimum atomic E-state index is -0.990. The minimum absolute atomic E-state index is 0.0220. The van der Waals surface area contributed by atoms with Crippen LogP contribution < -0.4 is 0 Å². The van der Waals surface area contributed by atoms with Gasteiger partial charge >= 0.3 is 0 Å². The number of ether oxygens (including phenoxy) is 1. The summed E-state index contributed by atoms with van der Waals surface area (Å²) >= 11 is 0. The van der Waals surface area contributed by atoms with Crippen molar-refractivity contribution in [1.29, 1.82) is 0 Å². The predicted octanol–water partition coefficient (Wildman–Crippen LogP) is 0.199. The number of likely N-dealkylation sites (tertiary alicyclic amines) is 1. The fourth-order valence-electron chi connectivity index (χ4n) is 3.74. The van der Waals surface area contributed by atoms with Gasteiger partial charge < -0.3 is 19.6 Å². The van der Waals surface area contributed by atoms with Gasteiger partial charge in [-0.25, -0.2) is 0 Å². The number of pyridine rings is 1. The number of aliphatic hydroxyl groups is 1. The van der Waals surface area contributed by atoms with Gasteiger partial charge in [-0.2, -0.15) is 0 Å². The van der Waals surface area contributed by atoms with E-state index in [1.54, 1.807) is 11.1 Å². The van der Waals surface area contributed by atoms with Crippen molar-refractivity contribution in [2.75, 3.05) is 59.5 Å². The van der Waals surface area contributed by atoms with Crippen molar-refractivity contribution in [3.05, 3.63) is 30.1 Å². The van der Waals surface area contributed by atoms with Crippen molar-refractivity contribution in [3.8, 4) is 0 Å². The van der Waals surface area contributed by atoms with E-state index in [1.807, 2.05) is 30.1 Å². The van der Waals surface area contributed by atoms with Crippen molar-refractivity contribution < 1.29 is 14.6 Å². The van der Waals surface area contributed by atoms with Crippen LogP contribution in [-0.2, 0) is 16.1 Å². The number of rotatable bonds is 6. The zero-order valence-electron chi connectivity index (χ0n) is 15.6. The molecule has 144 valence electrons. The summed E-state index contributed by atoms with van der Waals surface area (Å²) in [4.78, 5) is 23.0. The van der Waals surface area contributed by atoms with E-state index in [0.29, 0.717) is 39.3 Å². The Hall–Kier alpha value is -1.54. The van der Waals surface area contributed by atoms with Crippen LogP contribution in [0.15, 0.2) is 24.4 Å². The first kappa shape index (κ1) is 19.2. The SMILES string of the molecule is CN(CC(=O)N1CCOC[C@@](O)(CN2CCCC2)C1)Cc1ccccn1. The Balaban J connectivity index is 1.55. The fourth-order valence-corrected chi connectivity index (χ4v) is 3.74. The van der Waals surface area contributed by atoms with Crippen LogP contribution in [0, 0.1) is 0 Å².